The summed E-state index contributed by atoms with van der Waals surface area (Å²) in [4.78, 5) is 26.9. The largest absolute Gasteiger partial charge is 0.366 e. The molecule has 1 aliphatic carbocycles. The predicted molar refractivity (Wildman–Crippen MR) is 105 cm³/mol. The van der Waals surface area contributed by atoms with Crippen molar-refractivity contribution in [3.8, 4) is 0 Å². The van der Waals surface area contributed by atoms with E-state index in [0.717, 1.165) is 37.1 Å². The zero-order valence-corrected chi connectivity index (χ0v) is 15.3. The van der Waals surface area contributed by atoms with Crippen molar-refractivity contribution in [1.29, 1.82) is 0 Å². The Balaban J connectivity index is 1.55. The molecule has 0 atom stereocenters. The number of primary amides is 1. The van der Waals surface area contributed by atoms with E-state index in [1.807, 2.05) is 48.5 Å². The van der Waals surface area contributed by atoms with Crippen LogP contribution in [0.15, 0.2) is 48.5 Å². The molecule has 2 aliphatic rings. The molecule has 2 aromatic rings. The molecule has 4 rings (SSSR count). The Bertz CT molecular complexity index is 853. The first kappa shape index (κ1) is 17.7. The van der Waals surface area contributed by atoms with Gasteiger partial charge in [-0.05, 0) is 62.0 Å². The zero-order chi connectivity index (χ0) is 18.9. The van der Waals surface area contributed by atoms with E-state index in [2.05, 4.69) is 10.2 Å². The van der Waals surface area contributed by atoms with E-state index in [9.17, 15) is 9.59 Å². The lowest BCUT2D eigenvalue weighted by atomic mass is 9.98. The third-order valence-electron chi connectivity index (χ3n) is 5.61. The van der Waals surface area contributed by atoms with Gasteiger partial charge < -0.3 is 11.1 Å². The number of anilines is 1. The number of amides is 2. The van der Waals surface area contributed by atoms with Gasteiger partial charge in [-0.3, -0.25) is 14.5 Å². The summed E-state index contributed by atoms with van der Waals surface area (Å²) in [6, 6.07) is 15.0. The van der Waals surface area contributed by atoms with Gasteiger partial charge in [0.05, 0.1) is 17.7 Å². The SMILES string of the molecule is NC(=O)c1cc(C2(N3CCCC3)CC2)ccc1NC(=O)[CH]c1ccccc1. The third-order valence-corrected chi connectivity index (χ3v) is 5.61. The average molecular weight is 362 g/mol. The molecular formula is C22H24N3O2. The second-order valence-corrected chi connectivity index (χ2v) is 7.39. The summed E-state index contributed by atoms with van der Waals surface area (Å²) < 4.78 is 0. The normalized spacial score (nSPS) is 18.2. The summed E-state index contributed by atoms with van der Waals surface area (Å²) in [5, 5.41) is 2.80. The lowest BCUT2D eigenvalue weighted by Gasteiger charge is -2.28. The van der Waals surface area contributed by atoms with Crippen LogP contribution in [0.1, 0.15) is 47.2 Å². The van der Waals surface area contributed by atoms with Gasteiger partial charge in [0.1, 0.15) is 0 Å². The quantitative estimate of drug-likeness (QED) is 0.829. The summed E-state index contributed by atoms with van der Waals surface area (Å²) in [5.74, 6) is -0.804. The molecule has 0 unspecified atom stereocenters. The number of hydrogen-bond acceptors (Lipinski definition) is 3. The minimum Gasteiger partial charge on any atom is -0.366 e. The first-order chi connectivity index (χ1) is 13.1. The van der Waals surface area contributed by atoms with Crippen LogP contribution in [0.2, 0.25) is 0 Å². The van der Waals surface area contributed by atoms with Crippen LogP contribution < -0.4 is 11.1 Å². The van der Waals surface area contributed by atoms with Gasteiger partial charge in [-0.2, -0.15) is 0 Å². The molecule has 1 heterocycles. The Morgan fingerprint density at radius 2 is 1.74 bits per heavy atom. The number of nitrogens with two attached hydrogens (primary N) is 1. The van der Waals surface area contributed by atoms with Crippen molar-refractivity contribution in [2.45, 2.75) is 31.2 Å². The minimum atomic E-state index is -0.524. The molecule has 0 spiro atoms. The number of carbonyl (C=O) groups is 2. The van der Waals surface area contributed by atoms with Gasteiger partial charge in [-0.1, -0.05) is 36.4 Å². The summed E-state index contributed by atoms with van der Waals surface area (Å²) in [7, 11) is 0. The molecule has 3 N–H and O–H groups in total. The molecule has 1 saturated heterocycles. The van der Waals surface area contributed by atoms with E-state index in [1.165, 1.54) is 19.3 Å². The van der Waals surface area contributed by atoms with Crippen LogP contribution in [0.25, 0.3) is 0 Å². The molecule has 1 radical (unpaired) electrons. The van der Waals surface area contributed by atoms with Crippen molar-refractivity contribution in [3.05, 3.63) is 71.6 Å². The molecular weight excluding hydrogens is 338 g/mol. The predicted octanol–water partition coefficient (Wildman–Crippen LogP) is 3.06. The number of likely N-dealkylation sites (tertiary alicyclic amines) is 1. The van der Waals surface area contributed by atoms with Crippen molar-refractivity contribution >= 4 is 17.5 Å². The van der Waals surface area contributed by atoms with Gasteiger partial charge in [0, 0.05) is 5.54 Å². The summed E-state index contributed by atoms with van der Waals surface area (Å²) in [5.41, 5.74) is 8.43. The Morgan fingerprint density at radius 3 is 2.37 bits per heavy atom. The van der Waals surface area contributed by atoms with Crippen LogP contribution in [0.4, 0.5) is 5.69 Å². The Labute approximate surface area is 159 Å². The van der Waals surface area contributed by atoms with E-state index in [1.54, 1.807) is 0 Å². The third kappa shape index (κ3) is 3.60. The van der Waals surface area contributed by atoms with Crippen LogP contribution in [0.3, 0.4) is 0 Å². The van der Waals surface area contributed by atoms with Crippen LogP contribution in [0, 0.1) is 6.42 Å². The van der Waals surface area contributed by atoms with E-state index in [-0.39, 0.29) is 11.4 Å². The number of benzene rings is 2. The van der Waals surface area contributed by atoms with Crippen molar-refractivity contribution in [2.24, 2.45) is 5.73 Å². The van der Waals surface area contributed by atoms with Gasteiger partial charge in [0.15, 0.2) is 0 Å². The van der Waals surface area contributed by atoms with Gasteiger partial charge in [-0.15, -0.1) is 0 Å². The number of nitrogens with zero attached hydrogens (tertiary/aromatic N) is 1. The summed E-state index contributed by atoms with van der Waals surface area (Å²) in [6.45, 7) is 2.22. The fourth-order valence-electron chi connectivity index (χ4n) is 4.07. The zero-order valence-electron chi connectivity index (χ0n) is 15.3. The van der Waals surface area contributed by atoms with Crippen LogP contribution >= 0.6 is 0 Å². The highest BCUT2D eigenvalue weighted by atomic mass is 16.2. The van der Waals surface area contributed by atoms with Gasteiger partial charge >= 0.3 is 0 Å². The molecule has 0 aromatic heterocycles. The highest BCUT2D eigenvalue weighted by molar-refractivity contribution is 6.06. The number of nitrogens with one attached hydrogen (secondary N) is 1. The van der Waals surface area contributed by atoms with E-state index < -0.39 is 5.91 Å². The molecule has 0 bridgehead atoms. The summed E-state index contributed by atoms with van der Waals surface area (Å²) >= 11 is 0. The van der Waals surface area contributed by atoms with Gasteiger partial charge in [-0.25, -0.2) is 0 Å². The molecule has 5 nitrogen and oxygen atoms in total. The Hall–Kier alpha value is -2.66. The minimum absolute atomic E-state index is 0.0550. The first-order valence-electron chi connectivity index (χ1n) is 9.49. The number of carbonyl (C=O) groups excluding carboxylic acids is 2. The molecule has 2 fully saturated rings. The second-order valence-electron chi connectivity index (χ2n) is 7.39. The molecule has 5 heteroatoms. The maximum Gasteiger partial charge on any atom is 0.250 e. The van der Waals surface area contributed by atoms with Gasteiger partial charge in [0.2, 0.25) is 5.91 Å². The maximum absolute atomic E-state index is 12.3. The van der Waals surface area contributed by atoms with Crippen LogP contribution in [0.5, 0.6) is 0 Å². The number of hydrogen-bond donors (Lipinski definition) is 2. The van der Waals surface area contributed by atoms with Crippen LogP contribution in [-0.2, 0) is 10.3 Å². The Kier molecular flexibility index (Phi) is 4.70. The lowest BCUT2D eigenvalue weighted by Crippen LogP contribution is -2.33. The molecule has 27 heavy (non-hydrogen) atoms. The summed E-state index contributed by atoms with van der Waals surface area (Å²) in [6.07, 6.45) is 6.18. The molecule has 2 aromatic carbocycles. The fraction of sp³-hybridized carbons (Fsp3) is 0.318. The van der Waals surface area contributed by atoms with E-state index >= 15 is 0 Å². The molecule has 1 aliphatic heterocycles. The highest BCUT2D eigenvalue weighted by Crippen LogP contribution is 2.52. The molecule has 2 amide bonds. The maximum atomic E-state index is 12.3. The Morgan fingerprint density at radius 1 is 1.04 bits per heavy atom. The van der Waals surface area contributed by atoms with Crippen LogP contribution in [-0.4, -0.2) is 29.8 Å². The first-order valence-corrected chi connectivity index (χ1v) is 9.49. The standard InChI is InChI=1S/C22H24N3O2/c23-21(27)18-15-17(22(10-11-22)25-12-4-5-13-25)8-9-19(18)24-20(26)14-16-6-2-1-3-7-16/h1-3,6-9,14-15H,4-5,10-13H2,(H2,23,27)(H,24,26). The average Bonchev–Trinajstić information content (AvgIpc) is 3.28. The fourth-order valence-corrected chi connectivity index (χ4v) is 4.07. The molecule has 139 valence electrons. The van der Waals surface area contributed by atoms with Crippen molar-refractivity contribution < 1.29 is 9.59 Å². The van der Waals surface area contributed by atoms with Crippen molar-refractivity contribution in [1.82, 2.24) is 4.90 Å². The smallest absolute Gasteiger partial charge is 0.250 e. The van der Waals surface area contributed by atoms with E-state index in [0.29, 0.717) is 11.3 Å². The monoisotopic (exact) mass is 362 g/mol. The molecule has 1 saturated carbocycles. The van der Waals surface area contributed by atoms with Crippen molar-refractivity contribution in [3.63, 3.8) is 0 Å². The highest BCUT2D eigenvalue weighted by Gasteiger charge is 2.50. The number of rotatable bonds is 6. The van der Waals surface area contributed by atoms with Gasteiger partial charge in [0.25, 0.3) is 5.91 Å². The van der Waals surface area contributed by atoms with E-state index in [4.69, 9.17) is 5.73 Å². The topological polar surface area (TPSA) is 75.4 Å². The second kappa shape index (κ2) is 7.16. The van der Waals surface area contributed by atoms with Crippen molar-refractivity contribution in [2.75, 3.05) is 18.4 Å². The lowest BCUT2D eigenvalue weighted by molar-refractivity contribution is -0.112.